The molecule has 1 aromatic rings. The van der Waals surface area contributed by atoms with E-state index in [1.165, 1.54) is 7.11 Å². The van der Waals surface area contributed by atoms with Crippen molar-refractivity contribution in [1.82, 2.24) is 0 Å². The van der Waals surface area contributed by atoms with Crippen LogP contribution in [0.25, 0.3) is 0 Å². The minimum absolute atomic E-state index is 0.390. The molecule has 0 aliphatic rings. The number of carbonyl (C=O) groups is 1. The van der Waals surface area contributed by atoms with E-state index in [1.807, 2.05) is 13.0 Å². The third-order valence-corrected chi connectivity index (χ3v) is 3.42. The topological polar surface area (TPSA) is 64.3 Å². The fraction of sp³-hybridized carbons (Fsp3) is 0.357. The number of thioether (sulfide) groups is 1. The number of benzene rings is 1. The van der Waals surface area contributed by atoms with Gasteiger partial charge in [0.05, 0.1) is 18.4 Å². The van der Waals surface area contributed by atoms with Crippen LogP contribution in [0.2, 0.25) is 0 Å². The Balaban J connectivity index is 2.72. The third kappa shape index (κ3) is 4.42. The first-order valence-corrected chi connectivity index (χ1v) is 6.99. The average molecular weight is 278 g/mol. The van der Waals surface area contributed by atoms with Gasteiger partial charge in [0.2, 0.25) is 0 Å². The molecule has 0 saturated carbocycles. The monoisotopic (exact) mass is 278 g/mol. The van der Waals surface area contributed by atoms with Crippen molar-refractivity contribution in [2.24, 2.45) is 0 Å². The van der Waals surface area contributed by atoms with E-state index in [0.717, 1.165) is 23.5 Å². The van der Waals surface area contributed by atoms with Crippen molar-refractivity contribution in [1.29, 1.82) is 0 Å². The summed E-state index contributed by atoms with van der Waals surface area (Å²) in [6.45, 7) is 2.64. The Kier molecular flexibility index (Phi) is 6.10. The van der Waals surface area contributed by atoms with E-state index in [-0.39, 0.29) is 0 Å². The number of hydrogen-bond donors (Lipinski definition) is 2. The third-order valence-electron chi connectivity index (χ3n) is 2.55. The fourth-order valence-corrected chi connectivity index (χ4v) is 2.09. The molecule has 0 aromatic heterocycles. The Bertz CT molecular complexity index is 495. The standard InChI is InChI=1S/C14H18N2O2S/c1-4-6-19-7-5-16-11-8-10(2)13(15)12(9-11)14(17)18-3/h1,8-9,16H,5-7,15H2,2-3H3. The van der Waals surface area contributed by atoms with Gasteiger partial charge in [0.15, 0.2) is 0 Å². The molecule has 1 aromatic carbocycles. The largest absolute Gasteiger partial charge is 0.465 e. The Hall–Kier alpha value is -1.80. The van der Waals surface area contributed by atoms with E-state index in [1.54, 1.807) is 17.8 Å². The number of hydrogen-bond acceptors (Lipinski definition) is 5. The van der Waals surface area contributed by atoms with Crippen LogP contribution in [-0.2, 0) is 4.74 Å². The van der Waals surface area contributed by atoms with E-state index >= 15 is 0 Å². The quantitative estimate of drug-likeness (QED) is 0.361. The molecule has 0 unspecified atom stereocenters. The van der Waals surface area contributed by atoms with Crippen LogP contribution < -0.4 is 11.1 Å². The zero-order chi connectivity index (χ0) is 14.3. The second-order valence-corrected chi connectivity index (χ2v) is 5.03. The lowest BCUT2D eigenvalue weighted by atomic mass is 10.1. The number of anilines is 2. The van der Waals surface area contributed by atoms with Crippen LogP contribution in [0.1, 0.15) is 15.9 Å². The number of nitrogens with two attached hydrogens (primary N) is 1. The highest BCUT2D eigenvalue weighted by molar-refractivity contribution is 7.99. The van der Waals surface area contributed by atoms with Crippen LogP contribution in [0.3, 0.4) is 0 Å². The van der Waals surface area contributed by atoms with Gasteiger partial charge in [-0.15, -0.1) is 18.2 Å². The number of esters is 1. The van der Waals surface area contributed by atoms with Gasteiger partial charge in [-0.2, -0.15) is 0 Å². The minimum atomic E-state index is -0.425. The summed E-state index contributed by atoms with van der Waals surface area (Å²) < 4.78 is 4.71. The number of methoxy groups -OCH3 is 1. The first kappa shape index (κ1) is 15.3. The van der Waals surface area contributed by atoms with Crippen LogP contribution in [0.4, 0.5) is 11.4 Å². The Morgan fingerprint density at radius 2 is 2.32 bits per heavy atom. The van der Waals surface area contributed by atoms with Gasteiger partial charge in [-0.3, -0.25) is 0 Å². The molecule has 5 heteroatoms. The van der Waals surface area contributed by atoms with Gasteiger partial charge in [-0.25, -0.2) is 4.79 Å². The predicted molar refractivity (Wildman–Crippen MR) is 81.6 cm³/mol. The van der Waals surface area contributed by atoms with Crippen LogP contribution in [0, 0.1) is 19.3 Å². The lowest BCUT2D eigenvalue weighted by Gasteiger charge is -2.12. The second kappa shape index (κ2) is 7.59. The van der Waals surface area contributed by atoms with Crippen molar-refractivity contribution in [3.8, 4) is 12.3 Å². The number of ether oxygens (including phenoxy) is 1. The van der Waals surface area contributed by atoms with Crippen molar-refractivity contribution in [3.63, 3.8) is 0 Å². The zero-order valence-corrected chi connectivity index (χ0v) is 12.0. The van der Waals surface area contributed by atoms with Crippen LogP contribution in [-0.4, -0.2) is 31.1 Å². The number of nitrogen functional groups attached to an aromatic ring is 1. The van der Waals surface area contributed by atoms with Gasteiger partial charge in [-0.1, -0.05) is 5.92 Å². The highest BCUT2D eigenvalue weighted by Gasteiger charge is 2.13. The highest BCUT2D eigenvalue weighted by Crippen LogP contribution is 2.23. The lowest BCUT2D eigenvalue weighted by molar-refractivity contribution is 0.0602. The molecule has 0 radical (unpaired) electrons. The number of terminal acetylenes is 1. The summed E-state index contributed by atoms with van der Waals surface area (Å²) in [6.07, 6.45) is 5.17. The van der Waals surface area contributed by atoms with Crippen molar-refractivity contribution in [3.05, 3.63) is 23.3 Å². The molecule has 0 heterocycles. The van der Waals surface area contributed by atoms with E-state index < -0.39 is 5.97 Å². The van der Waals surface area contributed by atoms with Crippen LogP contribution in [0.5, 0.6) is 0 Å². The summed E-state index contributed by atoms with van der Waals surface area (Å²) in [5, 5.41) is 3.24. The maximum atomic E-state index is 11.6. The van der Waals surface area contributed by atoms with Gasteiger partial charge in [0.25, 0.3) is 0 Å². The zero-order valence-electron chi connectivity index (χ0n) is 11.2. The first-order valence-electron chi connectivity index (χ1n) is 5.83. The van der Waals surface area contributed by atoms with Gasteiger partial charge in [0, 0.05) is 23.7 Å². The summed E-state index contributed by atoms with van der Waals surface area (Å²) in [7, 11) is 1.34. The van der Waals surface area contributed by atoms with Crippen molar-refractivity contribution in [2.45, 2.75) is 6.92 Å². The smallest absolute Gasteiger partial charge is 0.340 e. The van der Waals surface area contributed by atoms with Crippen molar-refractivity contribution >= 4 is 29.1 Å². The highest BCUT2D eigenvalue weighted by atomic mass is 32.2. The van der Waals surface area contributed by atoms with E-state index in [4.69, 9.17) is 16.9 Å². The number of rotatable bonds is 6. The van der Waals surface area contributed by atoms with E-state index in [2.05, 4.69) is 11.2 Å². The molecule has 102 valence electrons. The minimum Gasteiger partial charge on any atom is -0.465 e. The molecule has 0 aliphatic heterocycles. The van der Waals surface area contributed by atoms with Crippen molar-refractivity contribution in [2.75, 3.05) is 36.2 Å². The molecule has 1 rings (SSSR count). The van der Waals surface area contributed by atoms with Gasteiger partial charge < -0.3 is 15.8 Å². The van der Waals surface area contributed by atoms with Gasteiger partial charge in [0.1, 0.15) is 0 Å². The van der Waals surface area contributed by atoms with Gasteiger partial charge in [-0.05, 0) is 24.6 Å². The number of nitrogens with one attached hydrogen (secondary N) is 1. The van der Waals surface area contributed by atoms with Gasteiger partial charge >= 0.3 is 5.97 Å². The Morgan fingerprint density at radius 3 is 2.95 bits per heavy atom. The molecule has 3 N–H and O–H groups in total. The summed E-state index contributed by atoms with van der Waals surface area (Å²) >= 11 is 1.68. The molecule has 4 nitrogen and oxygen atoms in total. The summed E-state index contributed by atoms with van der Waals surface area (Å²) in [5.41, 5.74) is 8.42. The maximum absolute atomic E-state index is 11.6. The average Bonchev–Trinajstić information content (AvgIpc) is 2.41. The molecule has 0 aliphatic carbocycles. The summed E-state index contributed by atoms with van der Waals surface area (Å²) in [5.74, 6) is 3.76. The number of aryl methyl sites for hydroxylation is 1. The van der Waals surface area contributed by atoms with Crippen LogP contribution in [0.15, 0.2) is 12.1 Å². The molecule has 0 amide bonds. The molecule has 0 bridgehead atoms. The molecular formula is C14H18N2O2S. The van der Waals surface area contributed by atoms with Crippen LogP contribution >= 0.6 is 11.8 Å². The lowest BCUT2D eigenvalue weighted by Crippen LogP contribution is -2.10. The maximum Gasteiger partial charge on any atom is 0.340 e. The molecular weight excluding hydrogens is 260 g/mol. The first-order chi connectivity index (χ1) is 9.10. The SMILES string of the molecule is C#CCSCCNc1cc(C)c(N)c(C(=O)OC)c1. The summed E-state index contributed by atoms with van der Waals surface area (Å²) in [6, 6.07) is 3.62. The Labute approximate surface area is 118 Å². The predicted octanol–water partition coefficient (Wildman–Crippen LogP) is 2.14. The molecule has 0 atom stereocenters. The van der Waals surface area contributed by atoms with Crippen molar-refractivity contribution < 1.29 is 9.53 Å². The summed E-state index contributed by atoms with van der Waals surface area (Å²) in [4.78, 5) is 11.6. The van der Waals surface area contributed by atoms with E-state index in [0.29, 0.717) is 17.0 Å². The molecule has 0 spiro atoms. The van der Waals surface area contributed by atoms with E-state index in [9.17, 15) is 4.79 Å². The second-order valence-electron chi connectivity index (χ2n) is 3.93. The fourth-order valence-electron chi connectivity index (χ4n) is 1.58. The molecule has 0 fully saturated rings. The normalized spacial score (nSPS) is 9.74. The molecule has 0 saturated heterocycles. The Morgan fingerprint density at radius 1 is 1.58 bits per heavy atom. The number of carbonyl (C=O) groups excluding carboxylic acids is 1. The molecule has 19 heavy (non-hydrogen) atoms.